The maximum atomic E-state index is 12.9. The summed E-state index contributed by atoms with van der Waals surface area (Å²) in [5.41, 5.74) is 0.849. The second-order valence-corrected chi connectivity index (χ2v) is 6.00. The summed E-state index contributed by atoms with van der Waals surface area (Å²) in [5.74, 6) is -1.51. The van der Waals surface area contributed by atoms with Gasteiger partial charge in [0, 0.05) is 0 Å². The Bertz CT molecular complexity index is 1010. The van der Waals surface area contributed by atoms with Gasteiger partial charge in [0.1, 0.15) is 11.3 Å². The third-order valence-corrected chi connectivity index (χ3v) is 4.13. The van der Waals surface area contributed by atoms with Gasteiger partial charge in [-0.3, -0.25) is 14.9 Å². The molecule has 0 bridgehead atoms. The molecule has 3 rings (SSSR count). The highest BCUT2D eigenvalue weighted by atomic mass is 16.5. The lowest BCUT2D eigenvalue weighted by Crippen LogP contribution is -2.54. The van der Waals surface area contributed by atoms with Crippen LogP contribution in [0.25, 0.3) is 6.08 Å². The number of urea groups is 1. The van der Waals surface area contributed by atoms with Crippen molar-refractivity contribution in [3.8, 4) is 5.75 Å². The summed E-state index contributed by atoms with van der Waals surface area (Å²) in [6.45, 7) is 2.32. The summed E-state index contributed by atoms with van der Waals surface area (Å²) in [4.78, 5) is 49.8. The standard InChI is InChI=1S/C21H18N2O6/c1-3-29-16-6-4-5-13(11-16)12-17-18(24)22-21(27)23(19(17)25)15-9-7-14(8-10-15)20(26)28-2/h4-12H,3H2,1-2H3,(H,22,24,27)/b17-12+. The van der Waals surface area contributed by atoms with Crippen molar-refractivity contribution in [2.75, 3.05) is 18.6 Å². The molecule has 148 valence electrons. The first-order valence-corrected chi connectivity index (χ1v) is 8.77. The molecule has 1 fully saturated rings. The monoisotopic (exact) mass is 394 g/mol. The Morgan fingerprint density at radius 1 is 1.10 bits per heavy atom. The van der Waals surface area contributed by atoms with Crippen molar-refractivity contribution in [1.29, 1.82) is 0 Å². The number of hydrogen-bond acceptors (Lipinski definition) is 6. The van der Waals surface area contributed by atoms with E-state index < -0.39 is 23.8 Å². The van der Waals surface area contributed by atoms with Crippen LogP contribution in [0, 0.1) is 0 Å². The Morgan fingerprint density at radius 3 is 2.48 bits per heavy atom. The number of rotatable bonds is 5. The zero-order valence-corrected chi connectivity index (χ0v) is 15.8. The number of barbiturate groups is 1. The second kappa shape index (κ2) is 8.39. The third-order valence-electron chi connectivity index (χ3n) is 4.13. The van der Waals surface area contributed by atoms with E-state index in [-0.39, 0.29) is 16.8 Å². The highest BCUT2D eigenvalue weighted by Crippen LogP contribution is 2.23. The molecular weight excluding hydrogens is 376 g/mol. The van der Waals surface area contributed by atoms with Crippen molar-refractivity contribution in [3.63, 3.8) is 0 Å². The van der Waals surface area contributed by atoms with E-state index in [2.05, 4.69) is 10.1 Å². The van der Waals surface area contributed by atoms with E-state index >= 15 is 0 Å². The van der Waals surface area contributed by atoms with Gasteiger partial charge in [0.2, 0.25) is 0 Å². The van der Waals surface area contributed by atoms with Crippen LogP contribution < -0.4 is 15.0 Å². The number of anilines is 1. The molecule has 1 saturated heterocycles. The lowest BCUT2D eigenvalue weighted by atomic mass is 10.1. The number of benzene rings is 2. The number of hydrogen-bond donors (Lipinski definition) is 1. The Kier molecular flexibility index (Phi) is 5.73. The molecule has 0 radical (unpaired) electrons. The molecule has 0 aliphatic carbocycles. The van der Waals surface area contributed by atoms with Crippen molar-refractivity contribution in [3.05, 3.63) is 65.2 Å². The summed E-state index contributed by atoms with van der Waals surface area (Å²) in [6.07, 6.45) is 1.39. The van der Waals surface area contributed by atoms with Gasteiger partial charge >= 0.3 is 12.0 Å². The first-order valence-electron chi connectivity index (χ1n) is 8.77. The topological polar surface area (TPSA) is 102 Å². The number of imide groups is 2. The van der Waals surface area contributed by atoms with Crippen LogP contribution in [0.5, 0.6) is 5.75 Å². The van der Waals surface area contributed by atoms with Crippen LogP contribution in [0.3, 0.4) is 0 Å². The minimum atomic E-state index is -0.869. The molecule has 1 N–H and O–H groups in total. The fourth-order valence-electron chi connectivity index (χ4n) is 2.78. The highest BCUT2D eigenvalue weighted by molar-refractivity contribution is 6.39. The number of esters is 1. The zero-order chi connectivity index (χ0) is 21.0. The van der Waals surface area contributed by atoms with E-state index in [9.17, 15) is 19.2 Å². The van der Waals surface area contributed by atoms with Crippen molar-refractivity contribution >= 4 is 35.6 Å². The number of carbonyl (C=O) groups excluding carboxylic acids is 4. The van der Waals surface area contributed by atoms with E-state index in [1.165, 1.54) is 37.5 Å². The van der Waals surface area contributed by atoms with Crippen molar-refractivity contribution in [2.45, 2.75) is 6.92 Å². The minimum absolute atomic E-state index is 0.199. The van der Waals surface area contributed by atoms with Gasteiger partial charge in [0.15, 0.2) is 0 Å². The van der Waals surface area contributed by atoms with E-state index in [1.807, 2.05) is 6.92 Å². The van der Waals surface area contributed by atoms with Gasteiger partial charge in [-0.05, 0) is 55.0 Å². The largest absolute Gasteiger partial charge is 0.494 e. The van der Waals surface area contributed by atoms with E-state index in [0.29, 0.717) is 17.9 Å². The predicted molar refractivity (Wildman–Crippen MR) is 104 cm³/mol. The van der Waals surface area contributed by atoms with Gasteiger partial charge in [-0.15, -0.1) is 0 Å². The van der Waals surface area contributed by atoms with Crippen LogP contribution in [0.1, 0.15) is 22.8 Å². The molecule has 0 atom stereocenters. The zero-order valence-electron chi connectivity index (χ0n) is 15.8. The van der Waals surface area contributed by atoms with Gasteiger partial charge in [0.05, 0.1) is 25.0 Å². The summed E-state index contributed by atoms with van der Waals surface area (Å²) in [6, 6.07) is 11.7. The molecule has 1 heterocycles. The molecule has 29 heavy (non-hydrogen) atoms. The average molecular weight is 394 g/mol. The van der Waals surface area contributed by atoms with E-state index in [4.69, 9.17) is 4.74 Å². The molecule has 0 aromatic heterocycles. The molecule has 8 heteroatoms. The molecule has 2 aromatic carbocycles. The van der Waals surface area contributed by atoms with Crippen LogP contribution in [-0.2, 0) is 14.3 Å². The van der Waals surface area contributed by atoms with E-state index in [0.717, 1.165) is 4.90 Å². The lowest BCUT2D eigenvalue weighted by molar-refractivity contribution is -0.122. The number of carbonyl (C=O) groups is 4. The second-order valence-electron chi connectivity index (χ2n) is 6.00. The summed E-state index contributed by atoms with van der Waals surface area (Å²) in [5, 5.41) is 2.15. The predicted octanol–water partition coefficient (Wildman–Crippen LogP) is 2.54. The SMILES string of the molecule is CCOc1cccc(/C=C2\C(=O)NC(=O)N(c3ccc(C(=O)OC)cc3)C2=O)c1. The smallest absolute Gasteiger partial charge is 0.337 e. The van der Waals surface area contributed by atoms with Crippen LogP contribution in [-0.4, -0.2) is 37.5 Å². The summed E-state index contributed by atoms with van der Waals surface area (Å²) >= 11 is 0. The lowest BCUT2D eigenvalue weighted by Gasteiger charge is -2.26. The van der Waals surface area contributed by atoms with Crippen LogP contribution in [0.4, 0.5) is 10.5 Å². The average Bonchev–Trinajstić information content (AvgIpc) is 2.71. The van der Waals surface area contributed by atoms with Gasteiger partial charge in [-0.25, -0.2) is 14.5 Å². The Morgan fingerprint density at radius 2 is 1.83 bits per heavy atom. The molecule has 1 aliphatic heterocycles. The molecule has 4 amide bonds. The van der Waals surface area contributed by atoms with Crippen LogP contribution in [0.2, 0.25) is 0 Å². The molecule has 0 unspecified atom stereocenters. The fourth-order valence-corrected chi connectivity index (χ4v) is 2.78. The highest BCUT2D eigenvalue weighted by Gasteiger charge is 2.36. The van der Waals surface area contributed by atoms with Crippen molar-refractivity contribution < 1.29 is 28.7 Å². The van der Waals surface area contributed by atoms with E-state index in [1.54, 1.807) is 24.3 Å². The Labute approximate surface area is 166 Å². The number of nitrogens with zero attached hydrogens (tertiary/aromatic N) is 1. The quantitative estimate of drug-likeness (QED) is 0.475. The molecular formula is C21H18N2O6. The summed E-state index contributed by atoms with van der Waals surface area (Å²) < 4.78 is 10.0. The van der Waals surface area contributed by atoms with Gasteiger partial charge < -0.3 is 9.47 Å². The first kappa shape index (κ1) is 19.8. The molecule has 0 spiro atoms. The van der Waals surface area contributed by atoms with Crippen molar-refractivity contribution in [1.82, 2.24) is 5.32 Å². The van der Waals surface area contributed by atoms with Crippen molar-refractivity contribution in [2.24, 2.45) is 0 Å². The number of ether oxygens (including phenoxy) is 2. The Balaban J connectivity index is 1.94. The fraction of sp³-hybridized carbons (Fsp3) is 0.143. The third kappa shape index (κ3) is 4.16. The molecule has 1 aliphatic rings. The molecule has 8 nitrogen and oxygen atoms in total. The number of nitrogens with one attached hydrogen (secondary N) is 1. The maximum Gasteiger partial charge on any atom is 0.337 e. The number of amides is 4. The normalized spacial score (nSPS) is 15.3. The number of methoxy groups -OCH3 is 1. The van der Waals surface area contributed by atoms with Gasteiger partial charge in [-0.1, -0.05) is 12.1 Å². The first-order chi connectivity index (χ1) is 13.9. The van der Waals surface area contributed by atoms with Crippen LogP contribution >= 0.6 is 0 Å². The molecule has 2 aromatic rings. The van der Waals surface area contributed by atoms with Gasteiger partial charge in [0.25, 0.3) is 11.8 Å². The summed E-state index contributed by atoms with van der Waals surface area (Å²) in [7, 11) is 1.25. The maximum absolute atomic E-state index is 12.9. The Hall–Kier alpha value is -3.94. The minimum Gasteiger partial charge on any atom is -0.494 e. The van der Waals surface area contributed by atoms with Crippen LogP contribution in [0.15, 0.2) is 54.1 Å². The molecule has 0 saturated carbocycles. The van der Waals surface area contributed by atoms with Gasteiger partial charge in [-0.2, -0.15) is 0 Å².